The lowest BCUT2D eigenvalue weighted by molar-refractivity contribution is -0.137. The molecule has 0 bridgehead atoms. The Hall–Kier alpha value is -3.66. The second kappa shape index (κ2) is 9.65. The molecular weight excluding hydrogens is 452 g/mol. The molecule has 0 unspecified atom stereocenters. The number of alkyl halides is 3. The van der Waals surface area contributed by atoms with Crippen LogP contribution in [0.25, 0.3) is 0 Å². The minimum Gasteiger partial charge on any atom is -0.493 e. The fraction of sp³-hybridized carbons (Fsp3) is 0.0952. The maximum absolute atomic E-state index is 13.3. The molecule has 32 heavy (non-hydrogen) atoms. The van der Waals surface area contributed by atoms with Crippen molar-refractivity contribution < 1.29 is 27.5 Å². The number of carbonyl (C=O) groups excluding carboxylic acids is 1. The predicted octanol–water partition coefficient (Wildman–Crippen LogP) is 5.00. The van der Waals surface area contributed by atoms with Gasteiger partial charge in [0, 0.05) is 18.2 Å². The smallest absolute Gasteiger partial charge is 0.416 e. The number of nitrogens with zero attached hydrogens (tertiary/aromatic N) is 2. The average molecular weight is 467 g/mol. The molecule has 3 rings (SSSR count). The summed E-state index contributed by atoms with van der Waals surface area (Å²) in [6.07, 6.45) is -4.53. The Morgan fingerprint density at radius 2 is 1.81 bits per heavy atom. The van der Waals surface area contributed by atoms with Gasteiger partial charge in [0.2, 0.25) is 11.8 Å². The standard InChI is InChI=1S/C21H15ClF4N4O2/c22-15-10-12(4-9-16(15)23)11-27-20(29-17-2-1-3-18(31)28-17)30-19(32)13-5-7-14(8-6-13)21(24,25)26/h1-10H,11H2,(H3,27,28,29,30,31,32). The molecule has 0 fully saturated rings. The van der Waals surface area contributed by atoms with Crippen molar-refractivity contribution >= 4 is 29.3 Å². The number of amides is 1. The molecule has 3 aromatic rings. The van der Waals surface area contributed by atoms with Gasteiger partial charge in [-0.2, -0.15) is 23.1 Å². The number of halogens is 5. The highest BCUT2D eigenvalue weighted by molar-refractivity contribution is 6.30. The largest absolute Gasteiger partial charge is 0.493 e. The van der Waals surface area contributed by atoms with E-state index in [1.165, 1.54) is 36.4 Å². The first-order chi connectivity index (χ1) is 15.1. The molecule has 0 saturated heterocycles. The van der Waals surface area contributed by atoms with Crippen LogP contribution < -0.4 is 10.6 Å². The van der Waals surface area contributed by atoms with Gasteiger partial charge in [0.25, 0.3) is 5.91 Å². The van der Waals surface area contributed by atoms with Crippen LogP contribution in [0.5, 0.6) is 5.88 Å². The van der Waals surface area contributed by atoms with E-state index in [-0.39, 0.29) is 34.8 Å². The zero-order valence-corrected chi connectivity index (χ0v) is 16.9. The van der Waals surface area contributed by atoms with Crippen LogP contribution in [0.15, 0.2) is 65.7 Å². The summed E-state index contributed by atoms with van der Waals surface area (Å²) < 4.78 is 51.5. The molecule has 11 heteroatoms. The van der Waals surface area contributed by atoms with Gasteiger partial charge in [0.1, 0.15) is 11.6 Å². The molecule has 166 valence electrons. The Labute approximate surface area is 184 Å². The van der Waals surface area contributed by atoms with Gasteiger partial charge in [0.15, 0.2) is 0 Å². The van der Waals surface area contributed by atoms with Crippen molar-refractivity contribution in [1.29, 1.82) is 0 Å². The summed E-state index contributed by atoms with van der Waals surface area (Å²) >= 11 is 5.76. The first kappa shape index (κ1) is 23.0. The third-order valence-corrected chi connectivity index (χ3v) is 4.39. The minimum absolute atomic E-state index is 0.0743. The number of hydrogen-bond acceptors (Lipinski definition) is 3. The maximum atomic E-state index is 13.3. The van der Waals surface area contributed by atoms with Gasteiger partial charge in [0.05, 0.1) is 10.6 Å². The molecule has 0 saturated carbocycles. The normalized spacial score (nSPS) is 11.8. The summed E-state index contributed by atoms with van der Waals surface area (Å²) in [5.74, 6) is -1.66. The lowest BCUT2D eigenvalue weighted by Crippen LogP contribution is -2.31. The highest BCUT2D eigenvalue weighted by Crippen LogP contribution is 2.29. The number of anilines is 1. The molecule has 0 aliphatic heterocycles. The Kier molecular flexibility index (Phi) is 6.94. The van der Waals surface area contributed by atoms with Crippen LogP contribution in [0, 0.1) is 5.82 Å². The van der Waals surface area contributed by atoms with Crippen molar-refractivity contribution in [2.45, 2.75) is 12.7 Å². The SMILES string of the molecule is O=C(/N=C(/NCc1ccc(F)c(Cl)c1)Nc1cccc(O)n1)c1ccc(C(F)(F)F)cc1. The first-order valence-corrected chi connectivity index (χ1v) is 9.41. The first-order valence-electron chi connectivity index (χ1n) is 9.03. The molecule has 1 heterocycles. The van der Waals surface area contributed by atoms with Gasteiger partial charge in [-0.05, 0) is 48.0 Å². The third-order valence-electron chi connectivity index (χ3n) is 4.10. The number of aromatic nitrogens is 1. The van der Waals surface area contributed by atoms with E-state index >= 15 is 0 Å². The van der Waals surface area contributed by atoms with E-state index in [0.717, 1.165) is 24.3 Å². The molecule has 6 nitrogen and oxygen atoms in total. The summed E-state index contributed by atoms with van der Waals surface area (Å²) in [5, 5.41) is 15.0. The van der Waals surface area contributed by atoms with E-state index in [1.54, 1.807) is 0 Å². The highest BCUT2D eigenvalue weighted by atomic mass is 35.5. The number of aromatic hydroxyl groups is 1. The number of carbonyl (C=O) groups is 1. The fourth-order valence-corrected chi connectivity index (χ4v) is 2.73. The van der Waals surface area contributed by atoms with Crippen LogP contribution in [0.2, 0.25) is 5.02 Å². The van der Waals surface area contributed by atoms with Gasteiger partial charge in [-0.3, -0.25) is 4.79 Å². The molecule has 0 aliphatic carbocycles. The van der Waals surface area contributed by atoms with E-state index in [2.05, 4.69) is 20.6 Å². The van der Waals surface area contributed by atoms with Gasteiger partial charge in [-0.25, -0.2) is 4.39 Å². The van der Waals surface area contributed by atoms with Crippen molar-refractivity contribution in [3.8, 4) is 5.88 Å². The Morgan fingerprint density at radius 3 is 2.44 bits per heavy atom. The summed E-state index contributed by atoms with van der Waals surface area (Å²) in [6, 6.07) is 11.9. The Bertz CT molecular complexity index is 1150. The van der Waals surface area contributed by atoms with E-state index in [0.29, 0.717) is 5.56 Å². The summed E-state index contributed by atoms with van der Waals surface area (Å²) in [7, 11) is 0. The molecule has 0 spiro atoms. The Morgan fingerprint density at radius 1 is 1.09 bits per heavy atom. The van der Waals surface area contributed by atoms with Gasteiger partial charge >= 0.3 is 6.18 Å². The predicted molar refractivity (Wildman–Crippen MR) is 111 cm³/mol. The highest BCUT2D eigenvalue weighted by Gasteiger charge is 2.30. The summed E-state index contributed by atoms with van der Waals surface area (Å²) in [5.41, 5.74) is -0.406. The number of rotatable bonds is 4. The summed E-state index contributed by atoms with van der Waals surface area (Å²) in [4.78, 5) is 20.2. The molecule has 0 radical (unpaired) electrons. The number of hydrogen-bond donors (Lipinski definition) is 3. The van der Waals surface area contributed by atoms with E-state index in [1.807, 2.05) is 0 Å². The minimum atomic E-state index is -4.53. The molecule has 0 atom stereocenters. The molecule has 2 aromatic carbocycles. The zero-order chi connectivity index (χ0) is 23.3. The van der Waals surface area contributed by atoms with Crippen LogP contribution in [0.3, 0.4) is 0 Å². The second-order valence-corrected chi connectivity index (χ2v) is 6.86. The lowest BCUT2D eigenvalue weighted by atomic mass is 10.1. The Balaban J connectivity index is 1.83. The van der Waals surface area contributed by atoms with Crippen LogP contribution in [0.4, 0.5) is 23.4 Å². The maximum Gasteiger partial charge on any atom is 0.416 e. The second-order valence-electron chi connectivity index (χ2n) is 6.45. The van der Waals surface area contributed by atoms with E-state index in [9.17, 15) is 27.5 Å². The number of benzene rings is 2. The molecular formula is C21H15ClF4N4O2. The van der Waals surface area contributed by atoms with Crippen LogP contribution >= 0.6 is 11.6 Å². The topological polar surface area (TPSA) is 86.6 Å². The van der Waals surface area contributed by atoms with Crippen LogP contribution in [-0.2, 0) is 12.7 Å². The fourth-order valence-electron chi connectivity index (χ4n) is 2.53. The lowest BCUT2D eigenvalue weighted by Gasteiger charge is -2.12. The number of guanidine groups is 1. The van der Waals surface area contributed by atoms with Gasteiger partial charge in [-0.15, -0.1) is 0 Å². The van der Waals surface area contributed by atoms with Crippen molar-refractivity contribution in [2.75, 3.05) is 5.32 Å². The van der Waals surface area contributed by atoms with E-state index in [4.69, 9.17) is 11.6 Å². The molecule has 0 aliphatic rings. The molecule has 3 N–H and O–H groups in total. The number of nitrogens with one attached hydrogen (secondary N) is 2. The number of aliphatic imine (C=N–C) groups is 1. The van der Waals surface area contributed by atoms with Crippen molar-refractivity contribution in [3.05, 3.63) is 88.2 Å². The van der Waals surface area contributed by atoms with Crippen molar-refractivity contribution in [2.24, 2.45) is 4.99 Å². The van der Waals surface area contributed by atoms with Gasteiger partial charge < -0.3 is 15.7 Å². The van der Waals surface area contributed by atoms with Crippen LogP contribution in [-0.4, -0.2) is 22.0 Å². The van der Waals surface area contributed by atoms with Crippen molar-refractivity contribution in [1.82, 2.24) is 10.3 Å². The quantitative estimate of drug-likeness (QED) is 0.286. The molecule has 1 aromatic heterocycles. The summed E-state index contributed by atoms with van der Waals surface area (Å²) in [6.45, 7) is 0.0743. The van der Waals surface area contributed by atoms with E-state index < -0.39 is 23.5 Å². The van der Waals surface area contributed by atoms with Gasteiger partial charge in [-0.1, -0.05) is 23.7 Å². The van der Waals surface area contributed by atoms with Crippen molar-refractivity contribution in [3.63, 3.8) is 0 Å². The monoisotopic (exact) mass is 466 g/mol. The van der Waals surface area contributed by atoms with Crippen LogP contribution in [0.1, 0.15) is 21.5 Å². The number of pyridine rings is 1. The third kappa shape index (κ3) is 6.17. The molecule has 1 amide bonds. The average Bonchev–Trinajstić information content (AvgIpc) is 2.74. The zero-order valence-electron chi connectivity index (χ0n) is 16.1.